The average molecular weight is 562 g/mol. The highest BCUT2D eigenvalue weighted by Gasteiger charge is 2.27. The second kappa shape index (κ2) is 15.0. The second-order valence-corrected chi connectivity index (χ2v) is 11.0. The molecule has 8 heteroatoms. The predicted octanol–water partition coefficient (Wildman–Crippen LogP) is 5.90. The number of aliphatic carboxylic acids is 1. The zero-order chi connectivity index (χ0) is 29.1. The molecular weight excluding hydrogens is 522 g/mol. The van der Waals surface area contributed by atoms with Gasteiger partial charge in [0.1, 0.15) is 24.4 Å². The Labute approximate surface area is 242 Å². The number of amides is 1. The molecule has 212 valence electrons. The van der Waals surface area contributed by atoms with E-state index in [1.165, 1.54) is 5.56 Å². The van der Waals surface area contributed by atoms with Gasteiger partial charge >= 0.3 is 5.97 Å². The van der Waals surface area contributed by atoms with E-state index in [1.54, 1.807) is 12.1 Å². The summed E-state index contributed by atoms with van der Waals surface area (Å²) in [5.41, 5.74) is 3.86. The third-order valence-electron chi connectivity index (χ3n) is 6.39. The molecule has 0 radical (unpaired) electrons. The lowest BCUT2D eigenvalue weighted by Gasteiger charge is -2.24. The molecule has 7 nitrogen and oxygen atoms in total. The topological polar surface area (TPSA) is 99.7 Å². The van der Waals surface area contributed by atoms with Gasteiger partial charge in [-0.1, -0.05) is 82.3 Å². The monoisotopic (exact) mass is 561 g/mol. The van der Waals surface area contributed by atoms with Gasteiger partial charge in [-0.15, -0.1) is 0 Å². The van der Waals surface area contributed by atoms with Gasteiger partial charge in [0.25, 0.3) is 0 Å². The van der Waals surface area contributed by atoms with Crippen LogP contribution in [0.5, 0.6) is 5.75 Å². The van der Waals surface area contributed by atoms with E-state index in [9.17, 15) is 14.7 Å². The predicted molar refractivity (Wildman–Crippen MR) is 164 cm³/mol. The summed E-state index contributed by atoms with van der Waals surface area (Å²) < 4.78 is 5.82. The molecule has 0 heterocycles. The third-order valence-corrected chi connectivity index (χ3v) is 6.61. The standard InChI is InChI=1S/C32H39N3O4S/c1-21(2)18-28(35-32(40)33-26-14-12-25(13-15-26)22(3)4)30(36)34-29(31(37)38)19-23-10-16-27(17-11-23)39-20-24-8-6-5-7-9-24/h5-17,21-22,28-29H,18-20H2,1-4H3,(H,34,36)(H,37,38)(H2,33,35,40)/t28-,29-/m0/s1. The van der Waals surface area contributed by atoms with Crippen molar-refractivity contribution in [3.05, 3.63) is 95.6 Å². The van der Waals surface area contributed by atoms with Crippen LogP contribution in [0.4, 0.5) is 5.69 Å². The average Bonchev–Trinajstić information content (AvgIpc) is 2.92. The van der Waals surface area contributed by atoms with Crippen LogP contribution in [-0.4, -0.2) is 34.2 Å². The molecule has 1 amide bonds. The molecule has 0 saturated carbocycles. The molecule has 0 fully saturated rings. The molecule has 0 aliphatic carbocycles. The number of carboxylic acid groups (broad SMARTS) is 1. The van der Waals surface area contributed by atoms with Gasteiger partial charge in [0.05, 0.1) is 0 Å². The number of benzene rings is 3. The second-order valence-electron chi connectivity index (χ2n) is 10.6. The Balaban J connectivity index is 1.59. The molecule has 3 aromatic rings. The minimum absolute atomic E-state index is 0.138. The van der Waals surface area contributed by atoms with Gasteiger partial charge in [0, 0.05) is 12.1 Å². The van der Waals surface area contributed by atoms with Crippen molar-refractivity contribution in [2.24, 2.45) is 5.92 Å². The molecule has 3 rings (SSSR count). The largest absolute Gasteiger partial charge is 0.489 e. The smallest absolute Gasteiger partial charge is 0.326 e. The lowest BCUT2D eigenvalue weighted by Crippen LogP contribution is -2.53. The van der Waals surface area contributed by atoms with Crippen LogP contribution in [0.15, 0.2) is 78.9 Å². The fourth-order valence-corrected chi connectivity index (χ4v) is 4.41. The Morgan fingerprint density at radius 2 is 1.48 bits per heavy atom. The van der Waals surface area contributed by atoms with Crippen molar-refractivity contribution in [3.63, 3.8) is 0 Å². The summed E-state index contributed by atoms with van der Waals surface area (Å²) in [6.07, 6.45) is 0.624. The highest BCUT2D eigenvalue weighted by molar-refractivity contribution is 7.80. The van der Waals surface area contributed by atoms with Crippen molar-refractivity contribution in [1.82, 2.24) is 10.6 Å². The zero-order valence-electron chi connectivity index (χ0n) is 23.5. The zero-order valence-corrected chi connectivity index (χ0v) is 24.3. The van der Waals surface area contributed by atoms with E-state index < -0.39 is 24.0 Å². The van der Waals surface area contributed by atoms with Crippen molar-refractivity contribution in [1.29, 1.82) is 0 Å². The number of hydrogen-bond acceptors (Lipinski definition) is 4. The molecule has 2 atom stereocenters. The molecule has 0 aliphatic rings. The summed E-state index contributed by atoms with van der Waals surface area (Å²) in [5.74, 6) is -0.228. The van der Waals surface area contributed by atoms with Crippen LogP contribution in [0.25, 0.3) is 0 Å². The van der Waals surface area contributed by atoms with Crippen LogP contribution in [0.1, 0.15) is 56.7 Å². The lowest BCUT2D eigenvalue weighted by molar-refractivity contribution is -0.142. The van der Waals surface area contributed by atoms with E-state index in [-0.39, 0.29) is 12.3 Å². The highest BCUT2D eigenvalue weighted by Crippen LogP contribution is 2.18. The first kappa shape index (κ1) is 30.6. The normalized spacial score (nSPS) is 12.4. The number of thiocarbonyl (C=S) groups is 1. The summed E-state index contributed by atoms with van der Waals surface area (Å²) in [6, 6.07) is 23.3. The van der Waals surface area contributed by atoms with Gasteiger partial charge in [-0.3, -0.25) is 4.79 Å². The van der Waals surface area contributed by atoms with Crippen LogP contribution >= 0.6 is 12.2 Å². The van der Waals surface area contributed by atoms with Crippen molar-refractivity contribution in [2.75, 3.05) is 5.32 Å². The Kier molecular flexibility index (Phi) is 11.5. The first-order chi connectivity index (χ1) is 19.1. The van der Waals surface area contributed by atoms with Gasteiger partial charge in [-0.2, -0.15) is 0 Å². The number of hydrogen-bond donors (Lipinski definition) is 4. The molecule has 0 aliphatic heterocycles. The molecule has 40 heavy (non-hydrogen) atoms. The Bertz CT molecular complexity index is 1250. The molecule has 4 N–H and O–H groups in total. The summed E-state index contributed by atoms with van der Waals surface area (Å²) in [6.45, 7) is 8.70. The van der Waals surface area contributed by atoms with Crippen LogP contribution in [0.2, 0.25) is 0 Å². The summed E-state index contributed by atoms with van der Waals surface area (Å²) in [7, 11) is 0. The number of nitrogens with one attached hydrogen (secondary N) is 3. The number of anilines is 1. The molecule has 0 aromatic heterocycles. The Morgan fingerprint density at radius 1 is 0.825 bits per heavy atom. The van der Waals surface area contributed by atoms with Crippen LogP contribution in [0.3, 0.4) is 0 Å². The lowest BCUT2D eigenvalue weighted by atomic mass is 10.0. The van der Waals surface area contributed by atoms with E-state index in [4.69, 9.17) is 17.0 Å². The van der Waals surface area contributed by atoms with Crippen molar-refractivity contribution in [3.8, 4) is 5.75 Å². The van der Waals surface area contributed by atoms with Gasteiger partial charge in [-0.25, -0.2) is 4.79 Å². The highest BCUT2D eigenvalue weighted by atomic mass is 32.1. The third kappa shape index (κ3) is 10.0. The first-order valence-electron chi connectivity index (χ1n) is 13.6. The van der Waals surface area contributed by atoms with E-state index in [0.29, 0.717) is 29.8 Å². The SMILES string of the molecule is CC(C)C[C@H](NC(=S)Nc1ccc(C(C)C)cc1)C(=O)N[C@@H](Cc1ccc(OCc2ccccc2)cc1)C(=O)O. The summed E-state index contributed by atoms with van der Waals surface area (Å²) in [5, 5.41) is 19.1. The fraction of sp³-hybridized carbons (Fsp3) is 0.344. The number of carbonyl (C=O) groups excluding carboxylic acids is 1. The Hall–Kier alpha value is -3.91. The first-order valence-corrected chi connectivity index (χ1v) is 14.0. The summed E-state index contributed by atoms with van der Waals surface area (Å²) >= 11 is 5.47. The van der Waals surface area contributed by atoms with Crippen molar-refractivity contribution in [2.45, 2.75) is 65.1 Å². The molecular formula is C32H39N3O4S. The van der Waals surface area contributed by atoms with E-state index in [2.05, 4.69) is 29.8 Å². The maximum absolute atomic E-state index is 13.2. The maximum atomic E-state index is 13.2. The van der Waals surface area contributed by atoms with Crippen molar-refractivity contribution < 1.29 is 19.4 Å². The number of ether oxygens (including phenoxy) is 1. The van der Waals surface area contributed by atoms with E-state index in [0.717, 1.165) is 16.8 Å². The molecule has 0 unspecified atom stereocenters. The fourth-order valence-electron chi connectivity index (χ4n) is 4.15. The molecule has 0 bridgehead atoms. The van der Waals surface area contributed by atoms with Gasteiger partial charge in [0.15, 0.2) is 5.11 Å². The van der Waals surface area contributed by atoms with Gasteiger partial charge in [-0.05, 0) is 71.4 Å². The number of rotatable bonds is 13. The molecule has 0 spiro atoms. The van der Waals surface area contributed by atoms with Gasteiger partial charge < -0.3 is 25.8 Å². The van der Waals surface area contributed by atoms with E-state index in [1.807, 2.05) is 80.6 Å². The minimum atomic E-state index is -1.10. The van der Waals surface area contributed by atoms with Crippen LogP contribution in [0, 0.1) is 5.92 Å². The van der Waals surface area contributed by atoms with E-state index >= 15 is 0 Å². The number of carboxylic acids is 1. The van der Waals surface area contributed by atoms with Crippen LogP contribution < -0.4 is 20.7 Å². The number of carbonyl (C=O) groups is 2. The van der Waals surface area contributed by atoms with Crippen LogP contribution in [-0.2, 0) is 22.6 Å². The molecule has 3 aromatic carbocycles. The quantitative estimate of drug-likeness (QED) is 0.193. The minimum Gasteiger partial charge on any atom is -0.489 e. The summed E-state index contributed by atoms with van der Waals surface area (Å²) in [4.78, 5) is 25.3. The maximum Gasteiger partial charge on any atom is 0.326 e. The molecule has 0 saturated heterocycles. The van der Waals surface area contributed by atoms with Gasteiger partial charge in [0.2, 0.25) is 5.91 Å². The van der Waals surface area contributed by atoms with Crippen molar-refractivity contribution >= 4 is 34.9 Å². The Morgan fingerprint density at radius 3 is 2.05 bits per heavy atom.